The first-order chi connectivity index (χ1) is 10.3. The van der Waals surface area contributed by atoms with E-state index in [9.17, 15) is 0 Å². The summed E-state index contributed by atoms with van der Waals surface area (Å²) in [7, 11) is 0. The number of likely N-dealkylation sites (N-methyl/N-ethyl adjacent to an activating group) is 2. The van der Waals surface area contributed by atoms with Gasteiger partial charge in [-0.1, -0.05) is 57.2 Å². The summed E-state index contributed by atoms with van der Waals surface area (Å²) in [5.41, 5.74) is 1.39. The van der Waals surface area contributed by atoms with Gasteiger partial charge >= 0.3 is 0 Å². The Hall–Kier alpha value is -1.38. The van der Waals surface area contributed by atoms with Crippen LogP contribution >= 0.6 is 0 Å². The number of rotatable bonds is 8. The van der Waals surface area contributed by atoms with Gasteiger partial charge in [-0.15, -0.1) is 0 Å². The molecule has 0 fully saturated rings. The van der Waals surface area contributed by atoms with Crippen LogP contribution in [0.15, 0.2) is 42.5 Å². The molecule has 0 aromatic heterocycles. The molecule has 1 N–H and O–H groups in total. The molecule has 1 unspecified atom stereocenters. The van der Waals surface area contributed by atoms with Crippen LogP contribution in [0.5, 0.6) is 0 Å². The topological polar surface area (TPSA) is 15.3 Å². The third-order valence-corrected chi connectivity index (χ3v) is 4.05. The number of nitrogens with zero attached hydrogens (tertiary/aromatic N) is 1. The van der Waals surface area contributed by atoms with Crippen LogP contribution in [0, 0.1) is 0 Å². The molecule has 21 heavy (non-hydrogen) atoms. The predicted molar refractivity (Wildman–Crippen MR) is 92.8 cm³/mol. The average Bonchev–Trinajstić information content (AvgIpc) is 2.53. The molecule has 114 valence electrons. The van der Waals surface area contributed by atoms with Crippen LogP contribution in [-0.2, 0) is 0 Å². The van der Waals surface area contributed by atoms with Gasteiger partial charge < -0.3 is 10.2 Å². The predicted octanol–water partition coefficient (Wildman–Crippen LogP) is 4.22. The van der Waals surface area contributed by atoms with Gasteiger partial charge in [0.1, 0.15) is 0 Å². The Bertz CT molecular complexity index is 550. The van der Waals surface area contributed by atoms with Crippen molar-refractivity contribution in [3.8, 4) is 0 Å². The second kappa shape index (κ2) is 8.16. The first-order valence-electron chi connectivity index (χ1n) is 8.22. The van der Waals surface area contributed by atoms with Crippen LogP contribution < -0.4 is 5.32 Å². The van der Waals surface area contributed by atoms with E-state index < -0.39 is 0 Å². The highest BCUT2D eigenvalue weighted by Gasteiger charge is 2.14. The molecule has 0 amide bonds. The Morgan fingerprint density at radius 2 is 1.76 bits per heavy atom. The Morgan fingerprint density at radius 3 is 2.43 bits per heavy atom. The summed E-state index contributed by atoms with van der Waals surface area (Å²) in [6.45, 7) is 11.1. The van der Waals surface area contributed by atoms with Crippen molar-refractivity contribution in [2.24, 2.45) is 0 Å². The van der Waals surface area contributed by atoms with Crippen LogP contribution in [0.1, 0.15) is 38.8 Å². The second-order valence-electron chi connectivity index (χ2n) is 5.61. The van der Waals surface area contributed by atoms with Gasteiger partial charge in [-0.05, 0) is 48.5 Å². The van der Waals surface area contributed by atoms with E-state index in [2.05, 4.69) is 73.5 Å². The van der Waals surface area contributed by atoms with E-state index in [-0.39, 0.29) is 0 Å². The number of fused-ring (bicyclic) bond motifs is 1. The molecule has 0 heterocycles. The smallest absolute Gasteiger partial charge is 0.0449 e. The molecule has 0 aliphatic carbocycles. The fourth-order valence-electron chi connectivity index (χ4n) is 2.91. The lowest BCUT2D eigenvalue weighted by atomic mass is 10.0. The molecule has 0 aliphatic rings. The van der Waals surface area contributed by atoms with Crippen molar-refractivity contribution in [2.45, 2.75) is 33.2 Å². The lowest BCUT2D eigenvalue weighted by Gasteiger charge is -2.27. The molecule has 0 aliphatic heterocycles. The molecule has 2 aromatic carbocycles. The summed E-state index contributed by atoms with van der Waals surface area (Å²) in [5, 5.41) is 6.29. The molecule has 2 nitrogen and oxygen atoms in total. The summed E-state index contributed by atoms with van der Waals surface area (Å²) in [6, 6.07) is 15.9. The van der Waals surface area contributed by atoms with Crippen LogP contribution in [0.4, 0.5) is 0 Å². The van der Waals surface area contributed by atoms with Crippen molar-refractivity contribution in [3.63, 3.8) is 0 Å². The van der Waals surface area contributed by atoms with E-state index >= 15 is 0 Å². The van der Waals surface area contributed by atoms with Gasteiger partial charge in [0.05, 0.1) is 0 Å². The third kappa shape index (κ3) is 4.29. The van der Waals surface area contributed by atoms with Gasteiger partial charge in [0.2, 0.25) is 0 Å². The van der Waals surface area contributed by atoms with Gasteiger partial charge in [0.15, 0.2) is 0 Å². The molecular weight excluding hydrogens is 256 g/mol. The quantitative estimate of drug-likeness (QED) is 0.780. The first kappa shape index (κ1) is 16.0. The third-order valence-electron chi connectivity index (χ3n) is 4.05. The van der Waals surface area contributed by atoms with E-state index in [4.69, 9.17) is 0 Å². The standard InChI is InChI=1S/C19H28N2/c1-4-13-21(6-3)15-19(20-5-2)18-12-11-16-9-7-8-10-17(16)14-18/h7-12,14,19-20H,4-6,13,15H2,1-3H3. The summed E-state index contributed by atoms with van der Waals surface area (Å²) in [5.74, 6) is 0. The molecule has 2 heteroatoms. The maximum atomic E-state index is 3.65. The first-order valence-corrected chi connectivity index (χ1v) is 8.22. The zero-order valence-electron chi connectivity index (χ0n) is 13.6. The lowest BCUT2D eigenvalue weighted by molar-refractivity contribution is 0.255. The zero-order valence-corrected chi connectivity index (χ0v) is 13.6. The van der Waals surface area contributed by atoms with Gasteiger partial charge in [-0.3, -0.25) is 0 Å². The molecule has 0 bridgehead atoms. The van der Waals surface area contributed by atoms with E-state index in [0.717, 1.165) is 19.6 Å². The van der Waals surface area contributed by atoms with Crippen LogP contribution in [0.3, 0.4) is 0 Å². The SMILES string of the molecule is CCCN(CC)CC(NCC)c1ccc2ccccc2c1. The monoisotopic (exact) mass is 284 g/mol. The Labute approximate surface area is 129 Å². The summed E-state index contributed by atoms with van der Waals surface area (Å²) in [4.78, 5) is 2.53. The lowest BCUT2D eigenvalue weighted by Crippen LogP contribution is -2.35. The van der Waals surface area contributed by atoms with Gasteiger partial charge in [-0.25, -0.2) is 0 Å². The molecule has 0 saturated carbocycles. The van der Waals surface area contributed by atoms with E-state index in [1.807, 2.05) is 0 Å². The molecule has 2 rings (SSSR count). The number of hydrogen-bond donors (Lipinski definition) is 1. The maximum absolute atomic E-state index is 3.65. The summed E-state index contributed by atoms with van der Waals surface area (Å²) >= 11 is 0. The zero-order chi connectivity index (χ0) is 15.1. The summed E-state index contributed by atoms with van der Waals surface area (Å²) < 4.78 is 0. The Morgan fingerprint density at radius 1 is 1.00 bits per heavy atom. The molecule has 0 spiro atoms. The molecule has 0 saturated heterocycles. The normalized spacial score (nSPS) is 13.0. The van der Waals surface area contributed by atoms with Crippen molar-refractivity contribution in [2.75, 3.05) is 26.2 Å². The van der Waals surface area contributed by atoms with Crippen molar-refractivity contribution >= 4 is 10.8 Å². The fourth-order valence-corrected chi connectivity index (χ4v) is 2.91. The van der Waals surface area contributed by atoms with Gasteiger partial charge in [0, 0.05) is 12.6 Å². The largest absolute Gasteiger partial charge is 0.309 e. The molecular formula is C19H28N2. The van der Waals surface area contributed by atoms with Crippen LogP contribution in [0.25, 0.3) is 10.8 Å². The van der Waals surface area contributed by atoms with Crippen molar-refractivity contribution in [1.82, 2.24) is 10.2 Å². The highest BCUT2D eigenvalue weighted by molar-refractivity contribution is 5.83. The van der Waals surface area contributed by atoms with E-state index in [1.54, 1.807) is 0 Å². The highest BCUT2D eigenvalue weighted by atomic mass is 15.1. The second-order valence-corrected chi connectivity index (χ2v) is 5.61. The van der Waals surface area contributed by atoms with E-state index in [1.165, 1.54) is 29.3 Å². The number of benzene rings is 2. The number of hydrogen-bond acceptors (Lipinski definition) is 2. The Kier molecular flexibility index (Phi) is 6.21. The highest BCUT2D eigenvalue weighted by Crippen LogP contribution is 2.21. The molecule has 2 aromatic rings. The Balaban J connectivity index is 2.22. The fraction of sp³-hybridized carbons (Fsp3) is 0.474. The molecule has 1 atom stereocenters. The minimum atomic E-state index is 0.408. The van der Waals surface area contributed by atoms with E-state index in [0.29, 0.717) is 6.04 Å². The maximum Gasteiger partial charge on any atom is 0.0449 e. The minimum Gasteiger partial charge on any atom is -0.309 e. The summed E-state index contributed by atoms with van der Waals surface area (Å²) in [6.07, 6.45) is 1.21. The van der Waals surface area contributed by atoms with Crippen molar-refractivity contribution in [3.05, 3.63) is 48.0 Å². The van der Waals surface area contributed by atoms with Gasteiger partial charge in [0.25, 0.3) is 0 Å². The minimum absolute atomic E-state index is 0.408. The average molecular weight is 284 g/mol. The number of nitrogens with one attached hydrogen (secondary N) is 1. The molecule has 0 radical (unpaired) electrons. The van der Waals surface area contributed by atoms with Crippen molar-refractivity contribution < 1.29 is 0 Å². The van der Waals surface area contributed by atoms with Gasteiger partial charge in [-0.2, -0.15) is 0 Å². The van der Waals surface area contributed by atoms with Crippen LogP contribution in [0.2, 0.25) is 0 Å². The van der Waals surface area contributed by atoms with Crippen molar-refractivity contribution in [1.29, 1.82) is 0 Å². The van der Waals surface area contributed by atoms with Crippen LogP contribution in [-0.4, -0.2) is 31.1 Å².